The molecule has 2 nitrogen and oxygen atoms in total. The zero-order valence-corrected chi connectivity index (χ0v) is 8.70. The van der Waals surface area contributed by atoms with Crippen molar-refractivity contribution in [2.75, 3.05) is 6.54 Å². The van der Waals surface area contributed by atoms with Gasteiger partial charge in [0.05, 0.1) is 0 Å². The van der Waals surface area contributed by atoms with Crippen molar-refractivity contribution < 1.29 is 1.43 Å². The Morgan fingerprint density at radius 1 is 1.18 bits per heavy atom. The first kappa shape index (κ1) is 13.5. The standard InChI is InChI=1S/C5H12N2.2C2H6.H2/c1-5-3-2-4-6-7-5;2*1-2;/h5-7H,2-4H2,1H3;2*1-2H3;1H/t5-;;;/m0.../s1. The van der Waals surface area contributed by atoms with Crippen molar-refractivity contribution in [1.82, 2.24) is 10.9 Å². The third kappa shape index (κ3) is 9.92. The topological polar surface area (TPSA) is 24.1 Å². The van der Waals surface area contributed by atoms with Gasteiger partial charge in [0.1, 0.15) is 0 Å². The third-order valence-electron chi connectivity index (χ3n) is 1.29. The first-order valence-electron chi connectivity index (χ1n) is 4.88. The largest absolute Gasteiger partial charge is 0.258 e. The molecular formula is C9H26N2. The molecule has 1 atom stereocenters. The van der Waals surface area contributed by atoms with Gasteiger partial charge in [-0.1, -0.05) is 27.7 Å². The predicted molar refractivity (Wildman–Crippen MR) is 54.6 cm³/mol. The molecule has 1 aliphatic heterocycles. The second kappa shape index (κ2) is 12.6. The summed E-state index contributed by atoms with van der Waals surface area (Å²) in [6, 6.07) is 0.675. The van der Waals surface area contributed by atoms with Gasteiger partial charge < -0.3 is 0 Å². The Morgan fingerprint density at radius 3 is 1.91 bits per heavy atom. The van der Waals surface area contributed by atoms with Crippen LogP contribution in [0.25, 0.3) is 0 Å². The normalized spacial score (nSPS) is 22.1. The highest BCUT2D eigenvalue weighted by Crippen LogP contribution is 1.96. The van der Waals surface area contributed by atoms with Crippen molar-refractivity contribution in [1.29, 1.82) is 0 Å². The first-order valence-corrected chi connectivity index (χ1v) is 4.88. The summed E-state index contributed by atoms with van der Waals surface area (Å²) in [5, 5.41) is 0. The fourth-order valence-corrected chi connectivity index (χ4v) is 0.815. The monoisotopic (exact) mass is 162 g/mol. The van der Waals surface area contributed by atoms with E-state index in [0.29, 0.717) is 6.04 Å². The van der Waals surface area contributed by atoms with Gasteiger partial charge in [0.2, 0.25) is 0 Å². The maximum absolute atomic E-state index is 3.13. The van der Waals surface area contributed by atoms with Gasteiger partial charge in [0.25, 0.3) is 0 Å². The van der Waals surface area contributed by atoms with Gasteiger partial charge in [-0.15, -0.1) is 0 Å². The molecule has 1 heterocycles. The number of rotatable bonds is 0. The maximum atomic E-state index is 3.13. The molecule has 1 rings (SSSR count). The van der Waals surface area contributed by atoms with E-state index in [-0.39, 0.29) is 1.43 Å². The van der Waals surface area contributed by atoms with Crippen LogP contribution in [0, 0.1) is 0 Å². The predicted octanol–water partition coefficient (Wildman–Crippen LogP) is 2.56. The minimum Gasteiger partial charge on any atom is -0.258 e. The summed E-state index contributed by atoms with van der Waals surface area (Å²) in [5.41, 5.74) is 6.22. The molecule has 1 fully saturated rings. The van der Waals surface area contributed by atoms with Gasteiger partial charge >= 0.3 is 0 Å². The van der Waals surface area contributed by atoms with E-state index in [0.717, 1.165) is 6.54 Å². The van der Waals surface area contributed by atoms with E-state index < -0.39 is 0 Å². The molecule has 0 radical (unpaired) electrons. The summed E-state index contributed by atoms with van der Waals surface area (Å²) < 4.78 is 0. The minimum absolute atomic E-state index is 0. The maximum Gasteiger partial charge on any atom is 0.0185 e. The van der Waals surface area contributed by atoms with E-state index in [1.165, 1.54) is 12.8 Å². The summed E-state index contributed by atoms with van der Waals surface area (Å²) in [5.74, 6) is 0. The molecule has 0 spiro atoms. The van der Waals surface area contributed by atoms with E-state index in [1.54, 1.807) is 0 Å². The third-order valence-corrected chi connectivity index (χ3v) is 1.29. The summed E-state index contributed by atoms with van der Waals surface area (Å²) in [6.45, 7) is 11.3. The quantitative estimate of drug-likeness (QED) is 0.572. The van der Waals surface area contributed by atoms with Gasteiger partial charge in [-0.2, -0.15) is 0 Å². The Balaban J connectivity index is -0.000000144. The van der Waals surface area contributed by atoms with Crippen LogP contribution in [0.1, 0.15) is 48.9 Å². The second-order valence-electron chi connectivity index (χ2n) is 2.11. The average molecular weight is 162 g/mol. The highest BCUT2D eigenvalue weighted by Gasteiger charge is 2.03. The molecule has 1 saturated heterocycles. The summed E-state index contributed by atoms with van der Waals surface area (Å²) >= 11 is 0. The van der Waals surface area contributed by atoms with E-state index in [4.69, 9.17) is 0 Å². The van der Waals surface area contributed by atoms with Gasteiger partial charge in [0.15, 0.2) is 0 Å². The van der Waals surface area contributed by atoms with Crippen molar-refractivity contribution in [3.05, 3.63) is 0 Å². The molecule has 0 aromatic rings. The van der Waals surface area contributed by atoms with Crippen LogP contribution in [0.5, 0.6) is 0 Å². The molecule has 0 amide bonds. The lowest BCUT2D eigenvalue weighted by Crippen LogP contribution is -2.43. The van der Waals surface area contributed by atoms with E-state index in [1.807, 2.05) is 27.7 Å². The van der Waals surface area contributed by atoms with E-state index in [2.05, 4.69) is 17.8 Å². The van der Waals surface area contributed by atoms with Crippen molar-refractivity contribution in [3.63, 3.8) is 0 Å². The SMILES string of the molecule is CC.CC.C[C@H]1CCCNN1.[HH]. The number of hydrogen-bond donors (Lipinski definition) is 2. The van der Waals surface area contributed by atoms with Gasteiger partial charge in [-0.3, -0.25) is 10.9 Å². The Kier molecular flexibility index (Phi) is 15.4. The van der Waals surface area contributed by atoms with E-state index >= 15 is 0 Å². The number of nitrogens with one attached hydrogen (secondary N) is 2. The van der Waals surface area contributed by atoms with Crippen molar-refractivity contribution in [2.24, 2.45) is 0 Å². The molecule has 0 aromatic heterocycles. The van der Waals surface area contributed by atoms with E-state index in [9.17, 15) is 0 Å². The Hall–Kier alpha value is -0.0800. The van der Waals surface area contributed by atoms with Crippen LogP contribution in [0.15, 0.2) is 0 Å². The zero-order valence-electron chi connectivity index (χ0n) is 8.70. The van der Waals surface area contributed by atoms with Crippen LogP contribution >= 0.6 is 0 Å². The van der Waals surface area contributed by atoms with Crippen molar-refractivity contribution in [3.8, 4) is 0 Å². The minimum atomic E-state index is 0. The summed E-state index contributed by atoms with van der Waals surface area (Å²) in [6.07, 6.45) is 2.63. The number of hydrogen-bond acceptors (Lipinski definition) is 2. The van der Waals surface area contributed by atoms with Crippen LogP contribution in [-0.4, -0.2) is 12.6 Å². The molecule has 2 heteroatoms. The van der Waals surface area contributed by atoms with Crippen molar-refractivity contribution in [2.45, 2.75) is 53.5 Å². The molecule has 0 aromatic carbocycles. The molecule has 0 unspecified atom stereocenters. The van der Waals surface area contributed by atoms with Crippen LogP contribution in [-0.2, 0) is 0 Å². The molecule has 2 N–H and O–H groups in total. The zero-order chi connectivity index (χ0) is 9.11. The highest BCUT2D eigenvalue weighted by atomic mass is 15.4. The van der Waals surface area contributed by atoms with Crippen LogP contribution in [0.2, 0.25) is 0 Å². The first-order chi connectivity index (χ1) is 5.39. The summed E-state index contributed by atoms with van der Waals surface area (Å²) in [4.78, 5) is 0. The van der Waals surface area contributed by atoms with Crippen LogP contribution < -0.4 is 10.9 Å². The van der Waals surface area contributed by atoms with Crippen LogP contribution in [0.3, 0.4) is 0 Å². The molecule has 72 valence electrons. The summed E-state index contributed by atoms with van der Waals surface area (Å²) in [7, 11) is 0. The van der Waals surface area contributed by atoms with Crippen molar-refractivity contribution >= 4 is 0 Å². The van der Waals surface area contributed by atoms with Gasteiger partial charge in [0, 0.05) is 14.0 Å². The molecule has 11 heavy (non-hydrogen) atoms. The molecule has 0 aliphatic carbocycles. The lowest BCUT2D eigenvalue weighted by molar-refractivity contribution is 0.362. The average Bonchev–Trinajstić information content (AvgIpc) is 2.13. The molecular weight excluding hydrogens is 136 g/mol. The lowest BCUT2D eigenvalue weighted by atomic mass is 10.2. The Morgan fingerprint density at radius 2 is 1.73 bits per heavy atom. The second-order valence-corrected chi connectivity index (χ2v) is 2.11. The smallest absolute Gasteiger partial charge is 0.0185 e. The molecule has 0 bridgehead atoms. The van der Waals surface area contributed by atoms with Gasteiger partial charge in [-0.05, 0) is 19.8 Å². The Labute approximate surface area is 73.2 Å². The van der Waals surface area contributed by atoms with Crippen LogP contribution in [0.4, 0.5) is 0 Å². The fraction of sp³-hybridized carbons (Fsp3) is 1.00. The Bertz CT molecular complexity index is 54.5. The highest BCUT2D eigenvalue weighted by molar-refractivity contribution is 4.62. The fourth-order valence-electron chi connectivity index (χ4n) is 0.815. The number of hydrazine groups is 1. The lowest BCUT2D eigenvalue weighted by Gasteiger charge is -2.19. The molecule has 0 saturated carbocycles. The van der Waals surface area contributed by atoms with Gasteiger partial charge in [-0.25, -0.2) is 0 Å². The molecule has 1 aliphatic rings.